The number of anilines is 1. The van der Waals surface area contributed by atoms with E-state index in [-0.39, 0.29) is 16.9 Å². The Morgan fingerprint density at radius 3 is 2.50 bits per heavy atom. The number of amides is 1. The van der Waals surface area contributed by atoms with Crippen LogP contribution >= 0.6 is 11.8 Å². The second-order valence-electron chi connectivity index (χ2n) is 6.47. The van der Waals surface area contributed by atoms with Crippen molar-refractivity contribution in [1.82, 2.24) is 19.7 Å². The van der Waals surface area contributed by atoms with Gasteiger partial charge in [0.2, 0.25) is 11.7 Å². The van der Waals surface area contributed by atoms with Crippen molar-refractivity contribution < 1.29 is 19.0 Å². The molecule has 0 aliphatic carbocycles. The number of fused-ring (bicyclic) bond motifs is 1. The number of ether oxygens (including phenoxy) is 3. The Morgan fingerprint density at radius 2 is 1.83 bits per heavy atom. The van der Waals surface area contributed by atoms with E-state index in [0.717, 1.165) is 16.8 Å². The number of aryl methyl sites for hydroxylation is 1. The molecular weight excluding hydrogens is 406 g/mol. The van der Waals surface area contributed by atoms with E-state index in [1.54, 1.807) is 44.5 Å². The molecule has 156 valence electrons. The summed E-state index contributed by atoms with van der Waals surface area (Å²) in [6, 6.07) is 5.48. The minimum absolute atomic E-state index is 0.125. The predicted molar refractivity (Wildman–Crippen MR) is 113 cm³/mol. The molecule has 2 aromatic heterocycles. The van der Waals surface area contributed by atoms with Gasteiger partial charge in [-0.15, -0.1) is 11.8 Å². The van der Waals surface area contributed by atoms with E-state index in [9.17, 15) is 4.79 Å². The predicted octanol–water partition coefficient (Wildman–Crippen LogP) is 2.77. The Kier molecular flexibility index (Phi) is 5.49. The Hall–Kier alpha value is -3.27. The minimum atomic E-state index is -0.230. The van der Waals surface area contributed by atoms with E-state index in [0.29, 0.717) is 29.0 Å². The summed E-state index contributed by atoms with van der Waals surface area (Å²) >= 11 is 1.49. The highest BCUT2D eigenvalue weighted by Gasteiger charge is 2.34. The van der Waals surface area contributed by atoms with Crippen LogP contribution in [0.25, 0.3) is 5.95 Å². The van der Waals surface area contributed by atoms with E-state index < -0.39 is 0 Å². The molecule has 10 heteroatoms. The zero-order chi connectivity index (χ0) is 21.3. The smallest absolute Gasteiger partial charge is 0.252 e. The van der Waals surface area contributed by atoms with Crippen molar-refractivity contribution in [1.29, 1.82) is 0 Å². The van der Waals surface area contributed by atoms with E-state index >= 15 is 0 Å². The van der Waals surface area contributed by atoms with Crippen molar-refractivity contribution in [3.05, 3.63) is 47.4 Å². The number of hydrogen-bond donors (Lipinski definition) is 1. The lowest BCUT2D eigenvalue weighted by Crippen LogP contribution is -2.16. The number of methoxy groups -OCH3 is 3. The lowest BCUT2D eigenvalue weighted by atomic mass is 10.0. The summed E-state index contributed by atoms with van der Waals surface area (Å²) in [4.78, 5) is 21.1. The summed E-state index contributed by atoms with van der Waals surface area (Å²) in [6.45, 7) is 1.90. The molecule has 1 atom stereocenters. The quantitative estimate of drug-likeness (QED) is 0.663. The van der Waals surface area contributed by atoms with Crippen molar-refractivity contribution in [2.45, 2.75) is 12.2 Å². The third-order valence-electron chi connectivity index (χ3n) is 4.77. The average molecular weight is 427 g/mol. The second-order valence-corrected chi connectivity index (χ2v) is 7.56. The lowest BCUT2D eigenvalue weighted by molar-refractivity contribution is -0.113. The van der Waals surface area contributed by atoms with Gasteiger partial charge in [0.15, 0.2) is 11.5 Å². The van der Waals surface area contributed by atoms with E-state index in [1.807, 2.05) is 19.1 Å². The summed E-state index contributed by atoms with van der Waals surface area (Å²) in [5, 5.41) is 7.35. The molecule has 1 aliphatic rings. The van der Waals surface area contributed by atoms with E-state index in [2.05, 4.69) is 20.4 Å². The van der Waals surface area contributed by atoms with Crippen molar-refractivity contribution in [2.24, 2.45) is 0 Å². The van der Waals surface area contributed by atoms with Gasteiger partial charge in [0.25, 0.3) is 5.95 Å². The first kappa shape index (κ1) is 20.0. The highest BCUT2D eigenvalue weighted by molar-refractivity contribution is 8.00. The van der Waals surface area contributed by atoms with Gasteiger partial charge < -0.3 is 19.5 Å². The lowest BCUT2D eigenvalue weighted by Gasteiger charge is -2.21. The van der Waals surface area contributed by atoms with Gasteiger partial charge in [-0.1, -0.05) is 0 Å². The molecule has 1 aliphatic heterocycles. The van der Waals surface area contributed by atoms with Crippen LogP contribution in [0.2, 0.25) is 0 Å². The molecule has 9 nitrogen and oxygen atoms in total. The largest absolute Gasteiger partial charge is 0.493 e. The number of hydrogen-bond acceptors (Lipinski definition) is 8. The number of rotatable bonds is 5. The molecule has 0 saturated carbocycles. The average Bonchev–Trinajstić information content (AvgIpc) is 2.98. The number of carbonyl (C=O) groups is 1. The molecule has 0 radical (unpaired) electrons. The maximum absolute atomic E-state index is 12.5. The zero-order valence-electron chi connectivity index (χ0n) is 17.0. The summed E-state index contributed by atoms with van der Waals surface area (Å²) in [6.07, 6.45) is 3.27. The molecule has 30 heavy (non-hydrogen) atoms. The third kappa shape index (κ3) is 3.32. The highest BCUT2D eigenvalue weighted by Crippen LogP contribution is 2.50. The van der Waals surface area contributed by atoms with E-state index in [1.165, 1.54) is 11.8 Å². The summed E-state index contributed by atoms with van der Waals surface area (Å²) in [5.41, 5.74) is 2.48. The number of thioether (sulfide) groups is 1. The van der Waals surface area contributed by atoms with Crippen LogP contribution in [-0.2, 0) is 4.79 Å². The molecular formula is C20H21N5O4S. The first-order valence-corrected chi connectivity index (χ1v) is 10.2. The van der Waals surface area contributed by atoms with Crippen LogP contribution < -0.4 is 19.5 Å². The van der Waals surface area contributed by atoms with Crippen molar-refractivity contribution in [3.8, 4) is 23.2 Å². The molecule has 3 aromatic rings. The molecule has 0 unspecified atom stereocenters. The molecule has 0 bridgehead atoms. The second kappa shape index (κ2) is 8.23. The Morgan fingerprint density at radius 1 is 1.10 bits per heavy atom. The number of benzene rings is 1. The summed E-state index contributed by atoms with van der Waals surface area (Å²) in [7, 11) is 4.73. The van der Waals surface area contributed by atoms with Gasteiger partial charge >= 0.3 is 0 Å². The fourth-order valence-corrected chi connectivity index (χ4v) is 4.71. The molecule has 0 fully saturated rings. The topological polar surface area (TPSA) is 100 Å². The standard InChI is InChI=1S/C20H21N5O4S/c1-11-15-18(12-6-7-13(27-2)17(29-4)16(12)28-3)30-10-14(26)23-19(15)25(24-11)20-21-8-5-9-22-20/h5-9,18H,10H2,1-4H3,(H,23,26)/t18-/m1/s1. The van der Waals surface area contributed by atoms with Crippen LogP contribution in [0.1, 0.15) is 22.1 Å². The molecule has 1 amide bonds. The van der Waals surface area contributed by atoms with Crippen LogP contribution in [0, 0.1) is 6.92 Å². The number of nitrogens with one attached hydrogen (secondary N) is 1. The number of carbonyl (C=O) groups excluding carboxylic acids is 1. The van der Waals surface area contributed by atoms with Gasteiger partial charge in [-0.05, 0) is 25.1 Å². The zero-order valence-corrected chi connectivity index (χ0v) is 17.8. The highest BCUT2D eigenvalue weighted by atomic mass is 32.2. The maximum atomic E-state index is 12.5. The normalized spacial score (nSPS) is 15.7. The molecule has 3 heterocycles. The monoisotopic (exact) mass is 427 g/mol. The summed E-state index contributed by atoms with van der Waals surface area (Å²) in [5.74, 6) is 2.70. The first-order valence-electron chi connectivity index (χ1n) is 9.16. The molecule has 4 rings (SSSR count). The van der Waals surface area contributed by atoms with Crippen LogP contribution in [0.5, 0.6) is 17.2 Å². The van der Waals surface area contributed by atoms with Crippen molar-refractivity contribution >= 4 is 23.5 Å². The van der Waals surface area contributed by atoms with E-state index in [4.69, 9.17) is 14.2 Å². The van der Waals surface area contributed by atoms with Gasteiger partial charge in [-0.25, -0.2) is 9.97 Å². The van der Waals surface area contributed by atoms with Gasteiger partial charge in [0, 0.05) is 23.5 Å². The maximum Gasteiger partial charge on any atom is 0.252 e. The minimum Gasteiger partial charge on any atom is -0.493 e. The van der Waals surface area contributed by atoms with Crippen LogP contribution in [0.3, 0.4) is 0 Å². The van der Waals surface area contributed by atoms with Gasteiger partial charge in [0.1, 0.15) is 5.82 Å². The first-order chi connectivity index (χ1) is 14.6. The Balaban J connectivity index is 1.93. The van der Waals surface area contributed by atoms with Crippen LogP contribution in [-0.4, -0.2) is 52.7 Å². The number of nitrogens with zero attached hydrogens (tertiary/aromatic N) is 4. The molecule has 1 N–H and O–H groups in total. The molecule has 0 saturated heterocycles. The SMILES string of the molecule is COc1ccc([C@H]2SCC(=O)Nc3c2c(C)nn3-c2ncccn2)c(OC)c1OC. The Bertz CT molecular complexity index is 1090. The van der Waals surface area contributed by atoms with Crippen LogP contribution in [0.4, 0.5) is 5.82 Å². The molecule has 1 aromatic carbocycles. The van der Waals surface area contributed by atoms with Gasteiger partial charge in [-0.3, -0.25) is 4.79 Å². The Labute approximate surface area is 177 Å². The van der Waals surface area contributed by atoms with Gasteiger partial charge in [0.05, 0.1) is 38.0 Å². The molecule has 0 spiro atoms. The van der Waals surface area contributed by atoms with Crippen LogP contribution in [0.15, 0.2) is 30.6 Å². The number of aromatic nitrogens is 4. The van der Waals surface area contributed by atoms with Crippen molar-refractivity contribution in [3.63, 3.8) is 0 Å². The third-order valence-corrected chi connectivity index (χ3v) is 6.02. The van der Waals surface area contributed by atoms with Gasteiger partial charge in [-0.2, -0.15) is 9.78 Å². The van der Waals surface area contributed by atoms with Crippen molar-refractivity contribution in [2.75, 3.05) is 32.4 Å². The fraction of sp³-hybridized carbons (Fsp3) is 0.300. The summed E-state index contributed by atoms with van der Waals surface area (Å²) < 4.78 is 18.2. The fourth-order valence-electron chi connectivity index (χ4n) is 3.51.